The van der Waals surface area contributed by atoms with E-state index in [0.29, 0.717) is 48.5 Å². The standard InChI is InChI=1S/C49H50N4O8Si/c1-31-47(62(3,4)40-20-18-39(60-2)19-21-40)44(27-46(56)50-29-35-13-6-5-12-34(35)25-38(50)30-54)61-49(31)41-26-37(53(58)59)17-22-43(41)51(48(49)57)28-32-10-9-14-36(24-32)52-42-15-8-7-11-33(42)16-23-45(52)55/h5-15,17-22,24,26,31,38,44,47,54H,16,23,25,27-30H2,1-4H3/t31-,38+,44+,47-,49+/m1/s1. The van der Waals surface area contributed by atoms with Crippen molar-refractivity contribution in [3.63, 3.8) is 0 Å². The van der Waals surface area contributed by atoms with Gasteiger partial charge in [-0.1, -0.05) is 91.9 Å². The minimum atomic E-state index is -2.69. The topological polar surface area (TPSA) is 143 Å². The lowest BCUT2D eigenvalue weighted by Gasteiger charge is -2.39. The van der Waals surface area contributed by atoms with Gasteiger partial charge in [-0.05, 0) is 77.0 Å². The highest BCUT2D eigenvalue weighted by molar-refractivity contribution is 6.91. The number of carbonyl (C=O) groups is 3. The van der Waals surface area contributed by atoms with Crippen LogP contribution in [0, 0.1) is 16.0 Å². The second-order valence-corrected chi connectivity index (χ2v) is 22.3. The molecule has 5 aromatic carbocycles. The van der Waals surface area contributed by atoms with E-state index in [4.69, 9.17) is 9.47 Å². The number of rotatable bonds is 10. The summed E-state index contributed by atoms with van der Waals surface area (Å²) in [5.74, 6) is -0.378. The summed E-state index contributed by atoms with van der Waals surface area (Å²) < 4.78 is 12.7. The number of fused-ring (bicyclic) bond motifs is 4. The normalized spacial score (nSPS) is 23.0. The highest BCUT2D eigenvalue weighted by Crippen LogP contribution is 2.60. The van der Waals surface area contributed by atoms with Crippen molar-refractivity contribution in [2.24, 2.45) is 5.92 Å². The number of hydrogen-bond donors (Lipinski definition) is 1. The smallest absolute Gasteiger partial charge is 0.269 e. The Morgan fingerprint density at radius 1 is 0.903 bits per heavy atom. The first-order chi connectivity index (χ1) is 29.8. The van der Waals surface area contributed by atoms with E-state index in [0.717, 1.165) is 33.1 Å². The molecule has 0 radical (unpaired) electrons. The Hall–Kier alpha value is -6.15. The summed E-state index contributed by atoms with van der Waals surface area (Å²) in [7, 11) is -1.07. The quantitative estimate of drug-likeness (QED) is 0.0876. The van der Waals surface area contributed by atoms with Crippen molar-refractivity contribution in [3.8, 4) is 5.75 Å². The number of aryl methyl sites for hydroxylation is 1. The monoisotopic (exact) mass is 850 g/mol. The maximum absolute atomic E-state index is 15.6. The van der Waals surface area contributed by atoms with E-state index in [1.807, 2.05) is 104 Å². The molecule has 1 fully saturated rings. The molecule has 0 aliphatic carbocycles. The van der Waals surface area contributed by atoms with Gasteiger partial charge in [-0.2, -0.15) is 0 Å². The Morgan fingerprint density at radius 3 is 2.35 bits per heavy atom. The highest BCUT2D eigenvalue weighted by Gasteiger charge is 2.67. The van der Waals surface area contributed by atoms with Crippen molar-refractivity contribution < 1.29 is 33.9 Å². The third kappa shape index (κ3) is 6.79. The molecule has 4 heterocycles. The minimum absolute atomic E-state index is 0.0165. The van der Waals surface area contributed by atoms with E-state index < -0.39 is 36.7 Å². The zero-order valence-corrected chi connectivity index (χ0v) is 36.3. The first-order valence-corrected chi connectivity index (χ1v) is 24.3. The summed E-state index contributed by atoms with van der Waals surface area (Å²) in [6.07, 6.45) is 0.762. The van der Waals surface area contributed by atoms with Crippen molar-refractivity contribution >= 4 is 53.7 Å². The fourth-order valence-electron chi connectivity index (χ4n) is 10.8. The molecule has 4 aliphatic heterocycles. The van der Waals surface area contributed by atoms with Gasteiger partial charge in [0, 0.05) is 42.3 Å². The molecular formula is C49H50N4O8Si. The van der Waals surface area contributed by atoms with E-state index >= 15 is 4.79 Å². The summed E-state index contributed by atoms with van der Waals surface area (Å²) in [6, 6.07) is 35.4. The number of aliphatic hydroxyl groups is 1. The molecule has 318 valence electrons. The Balaban J connectivity index is 1.12. The average Bonchev–Trinajstić information content (AvgIpc) is 3.71. The average molecular weight is 851 g/mol. The van der Waals surface area contributed by atoms with Gasteiger partial charge in [-0.25, -0.2) is 0 Å². The van der Waals surface area contributed by atoms with Gasteiger partial charge in [0.25, 0.3) is 11.6 Å². The Morgan fingerprint density at radius 2 is 1.63 bits per heavy atom. The molecule has 4 aliphatic rings. The van der Waals surface area contributed by atoms with Crippen LogP contribution in [0.4, 0.5) is 22.7 Å². The number of hydrogen-bond acceptors (Lipinski definition) is 8. The van der Waals surface area contributed by atoms with E-state index in [2.05, 4.69) is 13.1 Å². The molecule has 0 unspecified atom stereocenters. The molecule has 0 saturated carbocycles. The van der Waals surface area contributed by atoms with Gasteiger partial charge in [0.15, 0.2) is 5.60 Å². The zero-order valence-electron chi connectivity index (χ0n) is 35.3. The van der Waals surface area contributed by atoms with E-state index in [1.54, 1.807) is 27.9 Å². The Kier molecular flexibility index (Phi) is 10.6. The van der Waals surface area contributed by atoms with Crippen molar-refractivity contribution in [3.05, 3.63) is 153 Å². The number of aliphatic hydroxyl groups excluding tert-OH is 1. The van der Waals surface area contributed by atoms with E-state index in [9.17, 15) is 24.8 Å². The number of nitro benzene ring substituents is 1. The van der Waals surface area contributed by atoms with Gasteiger partial charge in [0.05, 0.1) is 63.2 Å². The molecule has 13 heteroatoms. The maximum atomic E-state index is 15.6. The first-order valence-electron chi connectivity index (χ1n) is 21.3. The van der Waals surface area contributed by atoms with Crippen LogP contribution in [-0.4, -0.2) is 66.6 Å². The summed E-state index contributed by atoms with van der Waals surface area (Å²) in [4.78, 5) is 60.7. The van der Waals surface area contributed by atoms with Gasteiger partial charge < -0.3 is 24.4 Å². The number of amides is 3. The Labute approximate surface area is 361 Å². The third-order valence-corrected chi connectivity index (χ3v) is 18.3. The molecule has 1 N–H and O–H groups in total. The number of nitro groups is 1. The van der Waals surface area contributed by atoms with E-state index in [-0.39, 0.29) is 48.5 Å². The molecule has 3 amide bonds. The Bertz CT molecular complexity index is 2600. The molecule has 12 nitrogen and oxygen atoms in total. The van der Waals surface area contributed by atoms with Crippen LogP contribution in [0.5, 0.6) is 5.75 Å². The number of anilines is 3. The van der Waals surface area contributed by atoms with Gasteiger partial charge >= 0.3 is 0 Å². The predicted molar refractivity (Wildman–Crippen MR) is 238 cm³/mol. The van der Waals surface area contributed by atoms with Gasteiger partial charge in [0.2, 0.25) is 11.8 Å². The van der Waals surface area contributed by atoms with Crippen LogP contribution in [-0.2, 0) is 50.7 Å². The van der Waals surface area contributed by atoms with Crippen LogP contribution >= 0.6 is 0 Å². The molecule has 0 aromatic heterocycles. The molecule has 5 atom stereocenters. The summed E-state index contributed by atoms with van der Waals surface area (Å²) in [5, 5.41) is 24.0. The molecular weight excluding hydrogens is 801 g/mol. The predicted octanol–water partition coefficient (Wildman–Crippen LogP) is 7.31. The minimum Gasteiger partial charge on any atom is -0.497 e. The molecule has 62 heavy (non-hydrogen) atoms. The fraction of sp³-hybridized carbons (Fsp3) is 0.327. The lowest BCUT2D eigenvalue weighted by atomic mass is 9.82. The number of carbonyl (C=O) groups excluding carboxylic acids is 3. The fourth-order valence-corrected chi connectivity index (χ4v) is 14.8. The van der Waals surface area contributed by atoms with Crippen LogP contribution in [0.2, 0.25) is 18.6 Å². The van der Waals surface area contributed by atoms with Crippen molar-refractivity contribution in [2.75, 3.05) is 23.5 Å². The molecule has 0 bridgehead atoms. The number of para-hydroxylation sites is 1. The van der Waals surface area contributed by atoms with Crippen molar-refractivity contribution in [1.82, 2.24) is 4.90 Å². The number of non-ortho nitro benzene ring substituents is 1. The van der Waals surface area contributed by atoms with Crippen molar-refractivity contribution in [1.29, 1.82) is 0 Å². The zero-order chi connectivity index (χ0) is 43.5. The van der Waals surface area contributed by atoms with Crippen LogP contribution in [0.15, 0.2) is 115 Å². The van der Waals surface area contributed by atoms with Gasteiger partial charge in [-0.3, -0.25) is 29.4 Å². The number of benzene rings is 5. The summed E-state index contributed by atoms with van der Waals surface area (Å²) in [5.41, 5.74) is 4.24. The second kappa shape index (κ2) is 16.0. The van der Waals surface area contributed by atoms with Crippen molar-refractivity contribution in [2.45, 2.75) is 82.1 Å². The number of nitrogens with zero attached hydrogens (tertiary/aromatic N) is 4. The largest absolute Gasteiger partial charge is 0.497 e. The first kappa shape index (κ1) is 41.2. The van der Waals surface area contributed by atoms with E-state index in [1.165, 1.54) is 12.1 Å². The molecule has 1 spiro atoms. The summed E-state index contributed by atoms with van der Waals surface area (Å²) >= 11 is 0. The molecule has 9 rings (SSSR count). The van der Waals surface area contributed by atoms with Crippen LogP contribution in [0.25, 0.3) is 0 Å². The van der Waals surface area contributed by atoms with Crippen LogP contribution in [0.1, 0.15) is 47.6 Å². The molecule has 5 aromatic rings. The number of methoxy groups -OCH3 is 1. The second-order valence-electron chi connectivity index (χ2n) is 17.6. The van der Waals surface area contributed by atoms with Crippen LogP contribution < -0.4 is 19.7 Å². The van der Waals surface area contributed by atoms with Crippen LogP contribution in [0.3, 0.4) is 0 Å². The lowest BCUT2D eigenvalue weighted by molar-refractivity contribution is -0.385. The molecule has 1 saturated heterocycles. The van der Waals surface area contributed by atoms with Gasteiger partial charge in [-0.15, -0.1) is 0 Å². The SMILES string of the molecule is COc1ccc([Si](C)(C)[C@H]2[C@H](CC(=O)N3Cc4ccccc4C[C@H]3CO)O[C@@]3(C(=O)N(Cc4cccc(N5C(=O)CCc6ccccc65)c4)c4ccc([N+](=O)[O-])cc43)[C@@H]2C)cc1. The summed E-state index contributed by atoms with van der Waals surface area (Å²) in [6.45, 7) is 6.68. The maximum Gasteiger partial charge on any atom is 0.269 e. The number of ether oxygens (including phenoxy) is 2. The third-order valence-electron chi connectivity index (χ3n) is 13.9. The van der Waals surface area contributed by atoms with Gasteiger partial charge in [0.1, 0.15) is 5.75 Å². The highest BCUT2D eigenvalue weighted by atomic mass is 28.3. The lowest BCUT2D eigenvalue weighted by Crippen LogP contribution is -2.52.